The molecule has 1 aliphatic rings. The zero-order chi connectivity index (χ0) is 19.2. The molecule has 0 bridgehead atoms. The van der Waals surface area contributed by atoms with E-state index in [0.717, 1.165) is 40.7 Å². The minimum atomic E-state index is -0.924. The lowest BCUT2D eigenvalue weighted by atomic mass is 10.1. The van der Waals surface area contributed by atoms with Crippen LogP contribution in [0.5, 0.6) is 0 Å². The van der Waals surface area contributed by atoms with Gasteiger partial charge in [-0.2, -0.15) is 0 Å². The number of carbonyl (C=O) groups is 1. The summed E-state index contributed by atoms with van der Waals surface area (Å²) in [5.74, 6) is 1.28. The quantitative estimate of drug-likeness (QED) is 0.662. The lowest BCUT2D eigenvalue weighted by Gasteiger charge is -2.28. The Bertz CT molecular complexity index is 855. The molecular formula is C21H22FNO3S. The summed E-state index contributed by atoms with van der Waals surface area (Å²) in [5.41, 5.74) is 1.40. The topological polar surface area (TPSA) is 53.7 Å². The van der Waals surface area contributed by atoms with E-state index in [0.29, 0.717) is 18.7 Å². The van der Waals surface area contributed by atoms with E-state index >= 15 is 0 Å². The molecule has 1 aliphatic heterocycles. The summed E-state index contributed by atoms with van der Waals surface area (Å²) in [6, 6.07) is 10.3. The van der Waals surface area contributed by atoms with E-state index < -0.39 is 5.97 Å². The molecule has 0 atom stereocenters. The second-order valence-corrected chi connectivity index (χ2v) is 7.48. The first kappa shape index (κ1) is 19.3. The number of carboxylic acids is 1. The van der Waals surface area contributed by atoms with Crippen LogP contribution in [0, 0.1) is 12.7 Å². The van der Waals surface area contributed by atoms with Gasteiger partial charge in [-0.25, -0.2) is 9.18 Å². The number of hydrogen-bond acceptors (Lipinski definition) is 4. The van der Waals surface area contributed by atoms with Gasteiger partial charge in [0, 0.05) is 6.54 Å². The fraction of sp³-hybridized carbons (Fsp3) is 0.286. The SMILES string of the molecule is Cc1ccc(CN2CC=CC(C(=O)O)=C2SCCCc2ccc(F)cc2)o1. The van der Waals surface area contributed by atoms with Crippen LogP contribution in [-0.2, 0) is 17.8 Å². The highest BCUT2D eigenvalue weighted by atomic mass is 32.2. The van der Waals surface area contributed by atoms with Crippen molar-refractivity contribution < 1.29 is 18.7 Å². The van der Waals surface area contributed by atoms with Gasteiger partial charge in [-0.15, -0.1) is 11.8 Å². The van der Waals surface area contributed by atoms with Crippen LogP contribution in [0.3, 0.4) is 0 Å². The average Bonchev–Trinajstić information content (AvgIpc) is 3.05. The normalized spacial score (nSPS) is 14.1. The molecule has 27 heavy (non-hydrogen) atoms. The molecule has 2 aromatic rings. The number of carboxylic acid groups (broad SMARTS) is 1. The number of hydrogen-bond donors (Lipinski definition) is 1. The number of halogens is 1. The fourth-order valence-corrected chi connectivity index (χ4v) is 4.06. The Labute approximate surface area is 162 Å². The Morgan fingerprint density at radius 3 is 2.70 bits per heavy atom. The third kappa shape index (κ3) is 5.26. The number of aliphatic carboxylic acids is 1. The van der Waals surface area contributed by atoms with Crippen LogP contribution in [-0.4, -0.2) is 28.3 Å². The molecular weight excluding hydrogens is 365 g/mol. The van der Waals surface area contributed by atoms with Crippen molar-refractivity contribution in [2.45, 2.75) is 26.3 Å². The molecule has 0 fully saturated rings. The summed E-state index contributed by atoms with van der Waals surface area (Å²) in [5, 5.41) is 10.3. The van der Waals surface area contributed by atoms with Gasteiger partial charge in [-0.05, 0) is 61.4 Å². The van der Waals surface area contributed by atoms with Crippen LogP contribution in [0.1, 0.15) is 23.5 Å². The molecule has 0 amide bonds. The Balaban J connectivity index is 1.64. The number of thioether (sulfide) groups is 1. The van der Waals surface area contributed by atoms with E-state index in [9.17, 15) is 14.3 Å². The average molecular weight is 387 g/mol. The van der Waals surface area contributed by atoms with Crippen LogP contribution >= 0.6 is 11.8 Å². The number of benzene rings is 1. The Morgan fingerprint density at radius 2 is 2.04 bits per heavy atom. The number of rotatable bonds is 8. The van der Waals surface area contributed by atoms with Gasteiger partial charge in [-0.3, -0.25) is 0 Å². The highest BCUT2D eigenvalue weighted by Crippen LogP contribution is 2.30. The van der Waals surface area contributed by atoms with Crippen molar-refractivity contribution in [1.82, 2.24) is 4.90 Å². The van der Waals surface area contributed by atoms with Crippen molar-refractivity contribution in [2.24, 2.45) is 0 Å². The molecule has 6 heteroatoms. The largest absolute Gasteiger partial charge is 0.478 e. The predicted octanol–water partition coefficient (Wildman–Crippen LogP) is 4.76. The van der Waals surface area contributed by atoms with E-state index in [4.69, 9.17) is 4.42 Å². The predicted molar refractivity (Wildman–Crippen MR) is 105 cm³/mol. The molecule has 0 unspecified atom stereocenters. The van der Waals surface area contributed by atoms with Crippen LogP contribution in [0.4, 0.5) is 4.39 Å². The minimum Gasteiger partial charge on any atom is -0.478 e. The van der Waals surface area contributed by atoms with Crippen molar-refractivity contribution in [1.29, 1.82) is 0 Å². The summed E-state index contributed by atoms with van der Waals surface area (Å²) in [6.45, 7) is 3.08. The molecule has 142 valence electrons. The van der Waals surface area contributed by atoms with Gasteiger partial charge in [0.1, 0.15) is 17.3 Å². The minimum absolute atomic E-state index is 0.234. The summed E-state index contributed by atoms with van der Waals surface area (Å²) >= 11 is 1.55. The molecule has 1 aromatic heterocycles. The van der Waals surface area contributed by atoms with Crippen molar-refractivity contribution in [3.05, 3.63) is 82.1 Å². The zero-order valence-corrected chi connectivity index (χ0v) is 16.0. The molecule has 0 saturated heterocycles. The highest BCUT2D eigenvalue weighted by molar-refractivity contribution is 8.03. The van der Waals surface area contributed by atoms with Gasteiger partial charge < -0.3 is 14.4 Å². The third-order valence-corrected chi connectivity index (χ3v) is 5.51. The smallest absolute Gasteiger partial charge is 0.338 e. The Hall–Kier alpha value is -2.47. The van der Waals surface area contributed by atoms with Crippen LogP contribution in [0.25, 0.3) is 0 Å². The lowest BCUT2D eigenvalue weighted by molar-refractivity contribution is -0.132. The summed E-state index contributed by atoms with van der Waals surface area (Å²) < 4.78 is 18.6. The summed E-state index contributed by atoms with van der Waals surface area (Å²) in [6.07, 6.45) is 5.25. The molecule has 1 N–H and O–H groups in total. The monoisotopic (exact) mass is 387 g/mol. The first-order valence-electron chi connectivity index (χ1n) is 8.84. The molecule has 1 aromatic carbocycles. The molecule has 0 saturated carbocycles. The van der Waals surface area contributed by atoms with Gasteiger partial charge in [0.05, 0.1) is 17.1 Å². The lowest BCUT2D eigenvalue weighted by Crippen LogP contribution is -2.26. The summed E-state index contributed by atoms with van der Waals surface area (Å²) in [7, 11) is 0. The van der Waals surface area contributed by atoms with Crippen LogP contribution in [0.2, 0.25) is 0 Å². The van der Waals surface area contributed by atoms with Crippen molar-refractivity contribution in [3.63, 3.8) is 0 Å². The molecule has 0 spiro atoms. The Morgan fingerprint density at radius 1 is 1.26 bits per heavy atom. The maximum atomic E-state index is 13.0. The van der Waals surface area contributed by atoms with Crippen molar-refractivity contribution in [2.75, 3.05) is 12.3 Å². The highest BCUT2D eigenvalue weighted by Gasteiger charge is 2.22. The van der Waals surface area contributed by atoms with E-state index in [2.05, 4.69) is 0 Å². The molecule has 0 radical (unpaired) electrons. The van der Waals surface area contributed by atoms with Gasteiger partial charge >= 0.3 is 5.97 Å². The number of furan rings is 1. The van der Waals surface area contributed by atoms with Gasteiger partial charge in [0.25, 0.3) is 0 Å². The van der Waals surface area contributed by atoms with Gasteiger partial charge in [0.2, 0.25) is 0 Å². The van der Waals surface area contributed by atoms with Gasteiger partial charge in [0.15, 0.2) is 0 Å². The second-order valence-electron chi connectivity index (χ2n) is 6.40. The number of nitrogens with zero attached hydrogens (tertiary/aromatic N) is 1. The van der Waals surface area contributed by atoms with Crippen molar-refractivity contribution in [3.8, 4) is 0 Å². The van der Waals surface area contributed by atoms with Gasteiger partial charge in [-0.1, -0.05) is 18.2 Å². The van der Waals surface area contributed by atoms with E-state index in [-0.39, 0.29) is 5.82 Å². The zero-order valence-electron chi connectivity index (χ0n) is 15.2. The first-order chi connectivity index (χ1) is 13.0. The Kier molecular flexibility index (Phi) is 6.40. The molecule has 3 rings (SSSR count). The molecule has 0 aliphatic carbocycles. The second kappa shape index (κ2) is 8.95. The van der Waals surface area contributed by atoms with E-state index in [1.165, 1.54) is 12.1 Å². The van der Waals surface area contributed by atoms with Crippen molar-refractivity contribution >= 4 is 17.7 Å². The standard InChI is InChI=1S/C21H22FNO3S/c1-15-6-11-18(26-15)14-23-12-2-5-19(21(24)25)20(23)27-13-3-4-16-7-9-17(22)10-8-16/h2,5-11H,3-4,12-14H2,1H3,(H,24,25). The van der Waals surface area contributed by atoms with E-state index in [1.807, 2.05) is 30.0 Å². The fourth-order valence-electron chi connectivity index (χ4n) is 2.94. The summed E-state index contributed by atoms with van der Waals surface area (Å²) in [4.78, 5) is 13.7. The van der Waals surface area contributed by atoms with Crippen LogP contribution in [0.15, 0.2) is 63.6 Å². The molecule has 4 nitrogen and oxygen atoms in total. The van der Waals surface area contributed by atoms with E-state index in [1.54, 1.807) is 30.0 Å². The maximum Gasteiger partial charge on any atom is 0.338 e. The third-order valence-electron chi connectivity index (χ3n) is 4.26. The number of aryl methyl sites for hydroxylation is 2. The molecule has 2 heterocycles. The first-order valence-corrected chi connectivity index (χ1v) is 9.83. The van der Waals surface area contributed by atoms with Crippen LogP contribution < -0.4 is 0 Å². The maximum absolute atomic E-state index is 13.0.